The molecule has 0 aromatic heterocycles. The SMILES string of the molecule is CCCCCCCC/C=C/CCCCCCCC(=O)NCCCN(CCCCN(CCCN(CCCNC(=O)CCCCCCC/C=C/CCCCCCCC)C(=O)[C@@H](N)CO)C(=O)[C@@H](N)CO)C(=O)[C@@H](N)CO.Cl.Cl.Cl. The lowest BCUT2D eigenvalue weighted by Gasteiger charge is -2.29. The van der Waals surface area contributed by atoms with E-state index in [1.54, 1.807) is 14.7 Å². The van der Waals surface area contributed by atoms with E-state index in [1.807, 2.05) is 0 Å². The van der Waals surface area contributed by atoms with E-state index in [4.69, 9.17) is 17.2 Å². The van der Waals surface area contributed by atoms with Crippen LogP contribution in [-0.2, 0) is 24.0 Å². The minimum Gasteiger partial charge on any atom is -0.394 e. The smallest absolute Gasteiger partial charge is 0.241 e. The number of nitrogens with one attached hydrogen (secondary N) is 2. The van der Waals surface area contributed by atoms with E-state index >= 15 is 0 Å². The molecule has 11 N–H and O–H groups in total. The summed E-state index contributed by atoms with van der Waals surface area (Å²) in [5.74, 6) is -1.30. The molecule has 0 aliphatic carbocycles. The van der Waals surface area contributed by atoms with Gasteiger partial charge in [-0.1, -0.05) is 141 Å². The molecule has 0 unspecified atom stereocenters. The van der Waals surface area contributed by atoms with Crippen LogP contribution in [0.4, 0.5) is 0 Å². The summed E-state index contributed by atoms with van der Waals surface area (Å²) in [5, 5.41) is 34.9. The number of aliphatic hydroxyl groups excluding tert-OH is 3. The van der Waals surface area contributed by atoms with Crippen molar-refractivity contribution >= 4 is 66.8 Å². The fourth-order valence-corrected chi connectivity index (χ4v) is 8.88. The molecule has 0 fully saturated rings. The van der Waals surface area contributed by atoms with E-state index in [9.17, 15) is 39.3 Å². The quantitative estimate of drug-likeness (QED) is 0.0211. The lowest BCUT2D eigenvalue weighted by molar-refractivity contribution is -0.135. The van der Waals surface area contributed by atoms with E-state index < -0.39 is 55.7 Å². The van der Waals surface area contributed by atoms with Gasteiger partial charge >= 0.3 is 0 Å². The molecule has 0 bridgehead atoms. The largest absolute Gasteiger partial charge is 0.394 e. The molecule has 0 heterocycles. The monoisotopic (exact) mass is 1160 g/mol. The molecular formula is C58H115Cl3N8O8. The summed E-state index contributed by atoms with van der Waals surface area (Å²) in [5.41, 5.74) is 17.8. The van der Waals surface area contributed by atoms with Crippen molar-refractivity contribution in [3.05, 3.63) is 24.3 Å². The molecule has 0 rings (SSSR count). The number of halogens is 3. The summed E-state index contributed by atoms with van der Waals surface area (Å²) in [6, 6.07) is -3.30. The third kappa shape index (κ3) is 47.9. The van der Waals surface area contributed by atoms with Crippen LogP contribution in [0, 0.1) is 0 Å². The van der Waals surface area contributed by atoms with Gasteiger partial charge in [-0.05, 0) is 96.3 Å². The number of nitrogens with two attached hydrogens (primary N) is 3. The van der Waals surface area contributed by atoms with Crippen molar-refractivity contribution in [2.45, 2.75) is 244 Å². The molecule has 456 valence electrons. The van der Waals surface area contributed by atoms with Crippen molar-refractivity contribution < 1.29 is 39.3 Å². The fraction of sp³-hybridized carbons (Fsp3) is 0.845. The highest BCUT2D eigenvalue weighted by Crippen LogP contribution is 2.13. The Morgan fingerprint density at radius 2 is 0.610 bits per heavy atom. The first-order chi connectivity index (χ1) is 36.0. The van der Waals surface area contributed by atoms with Gasteiger partial charge in [-0.15, -0.1) is 37.2 Å². The maximum atomic E-state index is 13.3. The average molecular weight is 1160 g/mol. The minimum absolute atomic E-state index is 0. The van der Waals surface area contributed by atoms with Crippen molar-refractivity contribution in [1.29, 1.82) is 0 Å². The third-order valence-corrected chi connectivity index (χ3v) is 13.6. The Hall–Kier alpha value is -2.54. The Labute approximate surface area is 486 Å². The number of aliphatic hydroxyl groups is 3. The second kappa shape index (κ2) is 59.6. The summed E-state index contributed by atoms with van der Waals surface area (Å²) in [6.07, 6.45) is 43.7. The maximum Gasteiger partial charge on any atom is 0.241 e. The molecule has 0 saturated carbocycles. The lowest BCUT2D eigenvalue weighted by atomic mass is 10.1. The molecule has 16 nitrogen and oxygen atoms in total. The van der Waals surface area contributed by atoms with Crippen LogP contribution >= 0.6 is 37.2 Å². The van der Waals surface area contributed by atoms with Gasteiger partial charge in [0.25, 0.3) is 0 Å². The Morgan fingerprint density at radius 3 is 0.896 bits per heavy atom. The van der Waals surface area contributed by atoms with Gasteiger partial charge in [0.15, 0.2) is 0 Å². The molecular weight excluding hydrogens is 1040 g/mol. The van der Waals surface area contributed by atoms with Gasteiger partial charge in [0.2, 0.25) is 29.5 Å². The first kappa shape index (κ1) is 80.9. The second-order valence-electron chi connectivity index (χ2n) is 20.5. The zero-order valence-corrected chi connectivity index (χ0v) is 50.8. The van der Waals surface area contributed by atoms with Gasteiger partial charge in [0, 0.05) is 65.2 Å². The van der Waals surface area contributed by atoms with Gasteiger partial charge in [-0.3, -0.25) is 24.0 Å². The number of allylic oxidation sites excluding steroid dienone is 4. The minimum atomic E-state index is -1.13. The molecule has 19 heteroatoms. The zero-order valence-electron chi connectivity index (χ0n) is 48.3. The van der Waals surface area contributed by atoms with Crippen LogP contribution in [0.5, 0.6) is 0 Å². The summed E-state index contributed by atoms with van der Waals surface area (Å²) >= 11 is 0. The van der Waals surface area contributed by atoms with Crippen molar-refractivity contribution in [2.75, 3.05) is 72.2 Å². The Morgan fingerprint density at radius 1 is 0.364 bits per heavy atom. The van der Waals surface area contributed by atoms with Crippen LogP contribution in [0.15, 0.2) is 24.3 Å². The normalized spacial score (nSPS) is 12.3. The summed E-state index contributed by atoms with van der Waals surface area (Å²) in [7, 11) is 0. The Bertz CT molecular complexity index is 1460. The number of carbonyl (C=O) groups excluding carboxylic acids is 5. The summed E-state index contributed by atoms with van der Waals surface area (Å²) < 4.78 is 0. The van der Waals surface area contributed by atoms with Crippen molar-refractivity contribution in [1.82, 2.24) is 25.3 Å². The number of rotatable bonds is 53. The van der Waals surface area contributed by atoms with Crippen LogP contribution in [0.1, 0.15) is 226 Å². The first-order valence-corrected chi connectivity index (χ1v) is 29.8. The summed E-state index contributed by atoms with van der Waals surface area (Å²) in [4.78, 5) is 69.2. The number of hydrogen-bond donors (Lipinski definition) is 8. The lowest BCUT2D eigenvalue weighted by Crippen LogP contribution is -2.49. The number of nitrogens with zero attached hydrogens (tertiary/aromatic N) is 3. The van der Waals surface area contributed by atoms with Crippen LogP contribution in [0.2, 0.25) is 0 Å². The van der Waals surface area contributed by atoms with Gasteiger partial charge in [-0.2, -0.15) is 0 Å². The van der Waals surface area contributed by atoms with E-state index in [-0.39, 0.29) is 68.7 Å². The van der Waals surface area contributed by atoms with E-state index in [1.165, 1.54) is 109 Å². The zero-order chi connectivity index (χ0) is 54.7. The standard InChI is InChI=1S/C58H112N8O8.3ClH/c1-3-5-7-9-11-13-15-17-19-21-23-25-27-29-31-38-54(70)62-40-35-44-64(56(72)51(59)48-67)42-33-34-43-65(57(73)52(60)49-68)46-37-47-66(58(74)53(61)50-69)45-36-41-63-55(71)39-32-30-28-26-24-22-20-18-16-14-12-10-8-6-4-2;;;/h17-20,51-53,67-69H,3-16,21-50,59-61H2,1-2H3,(H,62,70)(H,63,71);3*1H/b19-17+,20-18+;;;/t51-,52-,53-;;;/m0.../s1. The maximum absolute atomic E-state index is 13.3. The highest BCUT2D eigenvalue weighted by Gasteiger charge is 2.24. The predicted molar refractivity (Wildman–Crippen MR) is 325 cm³/mol. The van der Waals surface area contributed by atoms with Gasteiger partial charge in [-0.25, -0.2) is 0 Å². The average Bonchev–Trinajstić information content (AvgIpc) is 3.41. The highest BCUT2D eigenvalue weighted by molar-refractivity contribution is 5.86. The number of unbranched alkanes of at least 4 members (excludes halogenated alkanes) is 23. The van der Waals surface area contributed by atoms with E-state index in [0.29, 0.717) is 77.7 Å². The van der Waals surface area contributed by atoms with Crippen molar-refractivity contribution in [3.63, 3.8) is 0 Å². The molecule has 0 radical (unpaired) electrons. The van der Waals surface area contributed by atoms with Crippen LogP contribution in [0.3, 0.4) is 0 Å². The number of hydrogen-bond acceptors (Lipinski definition) is 11. The molecule has 0 aliphatic heterocycles. The molecule has 0 aliphatic rings. The first-order valence-electron chi connectivity index (χ1n) is 29.8. The van der Waals surface area contributed by atoms with Crippen molar-refractivity contribution in [3.8, 4) is 0 Å². The second-order valence-corrected chi connectivity index (χ2v) is 20.5. The highest BCUT2D eigenvalue weighted by atomic mass is 35.5. The topological polar surface area (TPSA) is 258 Å². The van der Waals surface area contributed by atoms with Gasteiger partial charge in [0.05, 0.1) is 19.8 Å². The van der Waals surface area contributed by atoms with E-state index in [2.05, 4.69) is 48.8 Å². The van der Waals surface area contributed by atoms with Crippen LogP contribution in [0.25, 0.3) is 0 Å². The molecule has 0 aromatic carbocycles. The van der Waals surface area contributed by atoms with Crippen LogP contribution < -0.4 is 27.8 Å². The number of carbonyl (C=O) groups is 5. The Kier molecular flexibility index (Phi) is 62.6. The third-order valence-electron chi connectivity index (χ3n) is 13.6. The summed E-state index contributed by atoms with van der Waals surface area (Å²) in [6.45, 7) is 5.41. The molecule has 5 amide bonds. The van der Waals surface area contributed by atoms with Crippen molar-refractivity contribution in [2.24, 2.45) is 17.2 Å². The van der Waals surface area contributed by atoms with Crippen LogP contribution in [-0.4, -0.2) is 150 Å². The predicted octanol–water partition coefficient (Wildman–Crippen LogP) is 8.95. The van der Waals surface area contributed by atoms with Gasteiger partial charge < -0.3 is 57.9 Å². The molecule has 0 spiro atoms. The molecule has 0 saturated heterocycles. The van der Waals surface area contributed by atoms with Gasteiger partial charge in [0.1, 0.15) is 18.1 Å². The molecule has 77 heavy (non-hydrogen) atoms. The van der Waals surface area contributed by atoms with E-state index in [0.717, 1.165) is 57.8 Å². The molecule has 0 aromatic rings. The fourth-order valence-electron chi connectivity index (χ4n) is 8.88. The Balaban J connectivity index is -0.00000888. The molecule has 3 atom stereocenters. The number of amides is 5.